The number of Topliss-reactive ketones (excluding diaryl/α,β-unsaturated/α-hetero) is 1. The Balaban J connectivity index is 2.48. The Morgan fingerprint density at radius 2 is 1.91 bits per heavy atom. The molecule has 1 aromatic carbocycles. The molecule has 22 heavy (non-hydrogen) atoms. The zero-order chi connectivity index (χ0) is 16.5. The molecule has 1 N–H and O–H groups in total. The minimum atomic E-state index is -0.976. The van der Waals surface area contributed by atoms with Crippen molar-refractivity contribution in [2.75, 3.05) is 0 Å². The van der Waals surface area contributed by atoms with E-state index >= 15 is 0 Å². The molecule has 0 saturated carbocycles. The Hall–Kier alpha value is -2.08. The number of aromatic amines is 1. The first-order valence-electron chi connectivity index (χ1n) is 6.59. The lowest BCUT2D eigenvalue weighted by molar-refractivity contribution is -0.119. The number of carbonyl (C=O) groups excluding carboxylic acids is 1. The largest absolute Gasteiger partial charge is 0.313 e. The average molecular weight is 323 g/mol. The molecule has 2 rings (SSSR count). The van der Waals surface area contributed by atoms with Gasteiger partial charge in [0.2, 0.25) is 0 Å². The van der Waals surface area contributed by atoms with Gasteiger partial charge in [-0.15, -0.1) is 11.3 Å². The van der Waals surface area contributed by atoms with E-state index in [1.54, 1.807) is 20.8 Å². The van der Waals surface area contributed by atoms with Gasteiger partial charge in [-0.1, -0.05) is 26.8 Å². The SMILES string of the molecule is CC(C)(C)C(=O)/C=c1\[nH]c(=O)/c(=C/c2ccc(F)c(F)c2)s1. The quantitative estimate of drug-likeness (QED) is 0.918. The maximum absolute atomic E-state index is 13.2. The number of thiazole rings is 1. The Bertz CT molecular complexity index is 888. The Morgan fingerprint density at radius 1 is 1.23 bits per heavy atom. The van der Waals surface area contributed by atoms with Crippen molar-refractivity contribution < 1.29 is 13.6 Å². The van der Waals surface area contributed by atoms with Crippen LogP contribution in [0.25, 0.3) is 12.2 Å². The number of carbonyl (C=O) groups is 1. The van der Waals surface area contributed by atoms with Crippen LogP contribution in [-0.4, -0.2) is 10.8 Å². The summed E-state index contributed by atoms with van der Waals surface area (Å²) in [4.78, 5) is 26.4. The van der Waals surface area contributed by atoms with Crippen molar-refractivity contribution in [3.8, 4) is 0 Å². The Kier molecular flexibility index (Phi) is 4.42. The lowest BCUT2D eigenvalue weighted by Gasteiger charge is -2.12. The van der Waals surface area contributed by atoms with E-state index in [2.05, 4.69) is 4.98 Å². The number of nitrogens with one attached hydrogen (secondary N) is 1. The summed E-state index contributed by atoms with van der Waals surface area (Å²) < 4.78 is 26.8. The third-order valence-corrected chi connectivity index (χ3v) is 3.89. The number of hydrogen-bond acceptors (Lipinski definition) is 3. The molecule has 3 nitrogen and oxygen atoms in total. The van der Waals surface area contributed by atoms with Gasteiger partial charge in [-0.3, -0.25) is 9.59 Å². The van der Waals surface area contributed by atoms with Gasteiger partial charge in [-0.2, -0.15) is 0 Å². The summed E-state index contributed by atoms with van der Waals surface area (Å²) in [5, 5.41) is 0. The number of benzene rings is 1. The van der Waals surface area contributed by atoms with Crippen LogP contribution in [0.3, 0.4) is 0 Å². The summed E-state index contributed by atoms with van der Waals surface area (Å²) in [6.45, 7) is 5.35. The van der Waals surface area contributed by atoms with Crippen LogP contribution in [0.2, 0.25) is 0 Å². The van der Waals surface area contributed by atoms with E-state index in [0.717, 1.165) is 23.5 Å². The van der Waals surface area contributed by atoms with Crippen molar-refractivity contribution in [3.05, 3.63) is 54.9 Å². The molecule has 1 heterocycles. The predicted octanol–water partition coefficient (Wildman–Crippen LogP) is 1.94. The van der Waals surface area contributed by atoms with Gasteiger partial charge in [0.15, 0.2) is 17.4 Å². The van der Waals surface area contributed by atoms with Crippen molar-refractivity contribution in [2.45, 2.75) is 20.8 Å². The molecule has 1 aromatic heterocycles. The average Bonchev–Trinajstić information content (AvgIpc) is 2.73. The van der Waals surface area contributed by atoms with Crippen LogP contribution in [-0.2, 0) is 4.79 Å². The standard InChI is InChI=1S/C16H15F2NO2S/c1-16(2,3)13(20)8-14-19-15(21)12(22-14)7-9-4-5-10(17)11(18)6-9/h4-8H,1-3H3,(H,19,21)/b12-7-,14-8+. The lowest BCUT2D eigenvalue weighted by atomic mass is 9.91. The molecule has 0 aliphatic carbocycles. The minimum Gasteiger partial charge on any atom is -0.313 e. The molecule has 2 aromatic rings. The summed E-state index contributed by atoms with van der Waals surface area (Å²) in [7, 11) is 0. The number of ketones is 1. The third-order valence-electron chi connectivity index (χ3n) is 2.92. The van der Waals surface area contributed by atoms with Crippen LogP contribution in [0.15, 0.2) is 23.0 Å². The molecule has 0 saturated heterocycles. The number of hydrogen-bond donors (Lipinski definition) is 1. The van der Waals surface area contributed by atoms with Gasteiger partial charge in [0.05, 0.1) is 9.20 Å². The van der Waals surface area contributed by atoms with Gasteiger partial charge in [-0.05, 0) is 23.8 Å². The van der Waals surface area contributed by atoms with Crippen LogP contribution >= 0.6 is 11.3 Å². The number of rotatable bonds is 2. The van der Waals surface area contributed by atoms with Crippen LogP contribution < -0.4 is 14.8 Å². The fourth-order valence-corrected chi connectivity index (χ4v) is 2.50. The first-order valence-corrected chi connectivity index (χ1v) is 7.40. The summed E-state index contributed by atoms with van der Waals surface area (Å²) in [6, 6.07) is 3.39. The van der Waals surface area contributed by atoms with Gasteiger partial charge < -0.3 is 4.98 Å². The smallest absolute Gasteiger partial charge is 0.266 e. The second-order valence-corrected chi connectivity index (χ2v) is 6.94. The fraction of sp³-hybridized carbons (Fsp3) is 0.250. The van der Waals surface area contributed by atoms with E-state index in [1.165, 1.54) is 18.2 Å². The second kappa shape index (κ2) is 5.96. The van der Waals surface area contributed by atoms with Crippen LogP contribution in [0.1, 0.15) is 26.3 Å². The first kappa shape index (κ1) is 16.3. The van der Waals surface area contributed by atoms with E-state index in [0.29, 0.717) is 14.8 Å². The summed E-state index contributed by atoms with van der Waals surface area (Å²) in [5.74, 6) is -2.03. The molecule has 0 aliphatic rings. The number of halogens is 2. The summed E-state index contributed by atoms with van der Waals surface area (Å²) in [6.07, 6.45) is 2.83. The predicted molar refractivity (Wildman–Crippen MR) is 83.0 cm³/mol. The van der Waals surface area contributed by atoms with E-state index in [9.17, 15) is 18.4 Å². The molecule has 0 aliphatic heterocycles. The van der Waals surface area contributed by atoms with Crippen molar-refractivity contribution >= 4 is 29.3 Å². The van der Waals surface area contributed by atoms with Crippen LogP contribution in [0, 0.1) is 17.0 Å². The number of aromatic nitrogens is 1. The van der Waals surface area contributed by atoms with E-state index in [1.807, 2.05) is 0 Å². The van der Waals surface area contributed by atoms with Gasteiger partial charge >= 0.3 is 0 Å². The molecule has 116 valence electrons. The highest BCUT2D eigenvalue weighted by molar-refractivity contribution is 7.07. The zero-order valence-corrected chi connectivity index (χ0v) is 13.2. The summed E-state index contributed by atoms with van der Waals surface area (Å²) in [5.41, 5.74) is -0.534. The van der Waals surface area contributed by atoms with E-state index < -0.39 is 17.0 Å². The van der Waals surface area contributed by atoms with Gasteiger partial charge in [0, 0.05) is 11.5 Å². The summed E-state index contributed by atoms with van der Waals surface area (Å²) >= 11 is 1.09. The van der Waals surface area contributed by atoms with Gasteiger partial charge in [0.25, 0.3) is 5.56 Å². The van der Waals surface area contributed by atoms with E-state index in [-0.39, 0.29) is 11.3 Å². The molecular formula is C16H15F2NO2S. The van der Waals surface area contributed by atoms with Gasteiger partial charge in [0.1, 0.15) is 0 Å². The molecule has 0 fully saturated rings. The Morgan fingerprint density at radius 3 is 2.50 bits per heavy atom. The normalized spacial score (nSPS) is 13.7. The third kappa shape index (κ3) is 3.76. The van der Waals surface area contributed by atoms with Crippen molar-refractivity contribution in [1.82, 2.24) is 4.98 Å². The molecule has 0 atom stereocenters. The maximum Gasteiger partial charge on any atom is 0.266 e. The second-order valence-electron chi connectivity index (χ2n) is 5.86. The molecular weight excluding hydrogens is 308 g/mol. The number of H-pyrrole nitrogens is 1. The zero-order valence-electron chi connectivity index (χ0n) is 12.4. The molecule has 0 bridgehead atoms. The Labute approximate surface area is 129 Å². The highest BCUT2D eigenvalue weighted by Crippen LogP contribution is 2.14. The monoisotopic (exact) mass is 323 g/mol. The van der Waals surface area contributed by atoms with Gasteiger partial charge in [-0.25, -0.2) is 8.78 Å². The van der Waals surface area contributed by atoms with Crippen molar-refractivity contribution in [3.63, 3.8) is 0 Å². The minimum absolute atomic E-state index is 0.107. The fourth-order valence-electron chi connectivity index (χ4n) is 1.61. The van der Waals surface area contributed by atoms with Crippen LogP contribution in [0.5, 0.6) is 0 Å². The molecule has 0 spiro atoms. The van der Waals surface area contributed by atoms with Crippen LogP contribution in [0.4, 0.5) is 8.78 Å². The highest BCUT2D eigenvalue weighted by Gasteiger charge is 2.18. The topological polar surface area (TPSA) is 49.9 Å². The first-order chi connectivity index (χ1) is 10.2. The molecule has 0 unspecified atom stereocenters. The maximum atomic E-state index is 13.2. The molecule has 0 radical (unpaired) electrons. The van der Waals surface area contributed by atoms with Crippen molar-refractivity contribution in [1.29, 1.82) is 0 Å². The molecule has 6 heteroatoms. The van der Waals surface area contributed by atoms with E-state index in [4.69, 9.17) is 0 Å². The molecule has 0 amide bonds. The van der Waals surface area contributed by atoms with Crippen molar-refractivity contribution in [2.24, 2.45) is 5.41 Å². The lowest BCUT2D eigenvalue weighted by Crippen LogP contribution is -2.22. The highest BCUT2D eigenvalue weighted by atomic mass is 32.1.